The van der Waals surface area contributed by atoms with Crippen LogP contribution < -0.4 is 0 Å². The Bertz CT molecular complexity index is 267. The third-order valence-electron chi connectivity index (χ3n) is 5.96. The van der Waals surface area contributed by atoms with Crippen molar-refractivity contribution < 1.29 is 0 Å². The lowest BCUT2D eigenvalue weighted by molar-refractivity contribution is -0.135. The van der Waals surface area contributed by atoms with Crippen LogP contribution in [0.2, 0.25) is 0 Å². The first kappa shape index (κ1) is 11.1. The summed E-state index contributed by atoms with van der Waals surface area (Å²) < 4.78 is 0. The quantitative estimate of drug-likeness (QED) is 0.691. The fraction of sp³-hybridized carbons (Fsp3) is 1.00. The van der Waals surface area contributed by atoms with Gasteiger partial charge in [0.1, 0.15) is 0 Å². The van der Waals surface area contributed by atoms with Gasteiger partial charge in [-0.15, -0.1) is 0 Å². The number of hydrogen-bond donors (Lipinski definition) is 0. The first-order valence-electron chi connectivity index (χ1n) is 7.20. The average molecular weight is 221 g/mol. The van der Waals surface area contributed by atoms with Gasteiger partial charge in [-0.1, -0.05) is 13.8 Å². The van der Waals surface area contributed by atoms with Crippen LogP contribution >= 0.6 is 0 Å². The lowest BCUT2D eigenvalue weighted by Crippen LogP contribution is -2.64. The summed E-state index contributed by atoms with van der Waals surface area (Å²) in [6.07, 6.45) is 7.65. The van der Waals surface area contributed by atoms with Crippen molar-refractivity contribution in [1.29, 1.82) is 0 Å². The monoisotopic (exact) mass is 221 g/mol. The molecular weight excluding hydrogens is 194 g/mol. The van der Waals surface area contributed by atoms with E-state index in [4.69, 9.17) is 0 Å². The van der Waals surface area contributed by atoms with Gasteiger partial charge >= 0.3 is 0 Å². The highest BCUT2D eigenvalue weighted by Gasteiger charge is 2.58. The van der Waals surface area contributed by atoms with Crippen LogP contribution in [0.3, 0.4) is 0 Å². The summed E-state index contributed by atoms with van der Waals surface area (Å²) in [5, 5.41) is 0. The molecule has 1 nitrogen and oxygen atoms in total. The molecule has 5 atom stereocenters. The van der Waals surface area contributed by atoms with Gasteiger partial charge in [-0.05, 0) is 75.8 Å². The zero-order valence-electron chi connectivity index (χ0n) is 11.4. The molecular formula is C15H27N. The van der Waals surface area contributed by atoms with Gasteiger partial charge in [-0.2, -0.15) is 0 Å². The summed E-state index contributed by atoms with van der Waals surface area (Å²) in [5.41, 5.74) is 0.572. The van der Waals surface area contributed by atoms with Gasteiger partial charge in [-0.3, -0.25) is 0 Å². The Hall–Kier alpha value is -0.0400. The molecule has 0 spiro atoms. The summed E-state index contributed by atoms with van der Waals surface area (Å²) in [6.45, 7) is 4.91. The van der Waals surface area contributed by atoms with Crippen LogP contribution in [0.25, 0.3) is 0 Å². The van der Waals surface area contributed by atoms with E-state index < -0.39 is 0 Å². The number of nitrogens with zero attached hydrogens (tertiary/aromatic N) is 1. The third-order valence-corrected chi connectivity index (χ3v) is 5.96. The molecule has 3 unspecified atom stereocenters. The molecule has 1 heteroatoms. The van der Waals surface area contributed by atoms with Crippen LogP contribution in [0.5, 0.6) is 0 Å². The molecule has 4 saturated carbocycles. The van der Waals surface area contributed by atoms with E-state index in [9.17, 15) is 0 Å². The van der Waals surface area contributed by atoms with Gasteiger partial charge in [0.05, 0.1) is 0 Å². The molecule has 0 radical (unpaired) electrons. The number of hydrogen-bond acceptors (Lipinski definition) is 1. The second-order valence-corrected chi connectivity index (χ2v) is 7.38. The lowest BCUT2D eigenvalue weighted by Gasteiger charge is -2.65. The predicted molar refractivity (Wildman–Crippen MR) is 68.3 cm³/mol. The fourth-order valence-corrected chi connectivity index (χ4v) is 5.87. The van der Waals surface area contributed by atoms with Crippen molar-refractivity contribution in [1.82, 2.24) is 4.90 Å². The Morgan fingerprint density at radius 3 is 2.00 bits per heavy atom. The minimum absolute atomic E-state index is 0.572. The Morgan fingerprint density at radius 1 is 1.00 bits per heavy atom. The van der Waals surface area contributed by atoms with Crippen molar-refractivity contribution in [3.63, 3.8) is 0 Å². The van der Waals surface area contributed by atoms with Crippen molar-refractivity contribution in [2.75, 3.05) is 14.1 Å². The number of rotatable bonds is 2. The van der Waals surface area contributed by atoms with Crippen LogP contribution in [0.15, 0.2) is 0 Å². The maximum absolute atomic E-state index is 2.60. The van der Waals surface area contributed by atoms with E-state index in [1.807, 2.05) is 0 Å². The SMILES string of the molecule is CC(C)C1C2C[C@@H]3C[C@H](C2)CC1(N(C)C)C3. The Kier molecular flexibility index (Phi) is 2.41. The topological polar surface area (TPSA) is 3.24 Å². The van der Waals surface area contributed by atoms with Gasteiger partial charge < -0.3 is 4.90 Å². The van der Waals surface area contributed by atoms with E-state index in [1.165, 1.54) is 12.8 Å². The summed E-state index contributed by atoms with van der Waals surface area (Å²) >= 11 is 0. The molecule has 4 fully saturated rings. The van der Waals surface area contributed by atoms with Crippen LogP contribution in [0.4, 0.5) is 0 Å². The molecule has 4 rings (SSSR count). The molecule has 92 valence electrons. The van der Waals surface area contributed by atoms with E-state index >= 15 is 0 Å². The molecule has 4 aliphatic carbocycles. The fourth-order valence-electron chi connectivity index (χ4n) is 5.87. The smallest absolute Gasteiger partial charge is 0.0242 e. The van der Waals surface area contributed by atoms with Crippen LogP contribution in [0.1, 0.15) is 46.0 Å². The molecule has 0 amide bonds. The summed E-state index contributed by atoms with van der Waals surface area (Å²) in [4.78, 5) is 2.60. The van der Waals surface area contributed by atoms with Gasteiger partial charge in [0.15, 0.2) is 0 Å². The van der Waals surface area contributed by atoms with Crippen molar-refractivity contribution >= 4 is 0 Å². The van der Waals surface area contributed by atoms with Crippen LogP contribution in [0, 0.1) is 29.6 Å². The highest BCUT2D eigenvalue weighted by Crippen LogP contribution is 2.61. The summed E-state index contributed by atoms with van der Waals surface area (Å²) in [5.74, 6) is 5.01. The van der Waals surface area contributed by atoms with Gasteiger partial charge in [0, 0.05) is 5.54 Å². The van der Waals surface area contributed by atoms with E-state index in [0.29, 0.717) is 5.54 Å². The van der Waals surface area contributed by atoms with E-state index in [1.54, 1.807) is 19.3 Å². The van der Waals surface area contributed by atoms with Crippen molar-refractivity contribution in [2.24, 2.45) is 29.6 Å². The normalized spacial score (nSPS) is 50.6. The second-order valence-electron chi connectivity index (χ2n) is 7.38. The minimum Gasteiger partial charge on any atom is -0.303 e. The first-order chi connectivity index (χ1) is 7.53. The molecule has 16 heavy (non-hydrogen) atoms. The van der Waals surface area contributed by atoms with E-state index in [-0.39, 0.29) is 0 Å². The highest BCUT2D eigenvalue weighted by atomic mass is 15.2. The molecule has 4 aliphatic rings. The molecule has 0 aromatic heterocycles. The predicted octanol–water partition coefficient (Wildman–Crippen LogP) is 3.40. The molecule has 0 aromatic carbocycles. The van der Waals surface area contributed by atoms with Gasteiger partial charge in [-0.25, -0.2) is 0 Å². The van der Waals surface area contributed by atoms with E-state index in [0.717, 1.165) is 29.6 Å². The van der Waals surface area contributed by atoms with Gasteiger partial charge in [0.25, 0.3) is 0 Å². The van der Waals surface area contributed by atoms with Crippen molar-refractivity contribution in [3.05, 3.63) is 0 Å². The molecule has 0 heterocycles. The largest absolute Gasteiger partial charge is 0.303 e. The zero-order chi connectivity index (χ0) is 11.5. The van der Waals surface area contributed by atoms with Crippen LogP contribution in [-0.4, -0.2) is 24.5 Å². The molecule has 4 bridgehead atoms. The van der Waals surface area contributed by atoms with E-state index in [2.05, 4.69) is 32.8 Å². The Labute approximate surface area is 101 Å². The zero-order valence-corrected chi connectivity index (χ0v) is 11.4. The Balaban J connectivity index is 1.98. The Morgan fingerprint density at radius 2 is 1.56 bits per heavy atom. The maximum atomic E-state index is 2.60. The first-order valence-corrected chi connectivity index (χ1v) is 7.20. The standard InChI is InChI=1S/C15H27N/c1-10(2)14-13-6-11-5-12(7-13)9-15(14,8-11)16(3)4/h10-14H,5-9H2,1-4H3/t11-,12+,13?,14?,15?. The molecule has 0 saturated heterocycles. The highest BCUT2D eigenvalue weighted by molar-refractivity contribution is 5.11. The average Bonchev–Trinajstić information content (AvgIpc) is 2.14. The third kappa shape index (κ3) is 1.33. The molecule has 0 aliphatic heterocycles. The summed E-state index contributed by atoms with van der Waals surface area (Å²) in [6, 6.07) is 0. The van der Waals surface area contributed by atoms with Crippen LogP contribution in [-0.2, 0) is 0 Å². The second kappa shape index (κ2) is 3.48. The summed E-state index contributed by atoms with van der Waals surface area (Å²) in [7, 11) is 4.67. The van der Waals surface area contributed by atoms with Crippen molar-refractivity contribution in [2.45, 2.75) is 51.5 Å². The lowest BCUT2D eigenvalue weighted by atomic mass is 9.46. The van der Waals surface area contributed by atoms with Crippen molar-refractivity contribution in [3.8, 4) is 0 Å². The maximum Gasteiger partial charge on any atom is 0.0242 e. The molecule has 0 N–H and O–H groups in total. The van der Waals surface area contributed by atoms with Gasteiger partial charge in [0.2, 0.25) is 0 Å². The minimum atomic E-state index is 0.572. The molecule has 0 aromatic rings.